The van der Waals surface area contributed by atoms with Crippen LogP contribution >= 0.6 is 0 Å². The van der Waals surface area contributed by atoms with E-state index in [-0.39, 0.29) is 0 Å². The lowest BCUT2D eigenvalue weighted by Gasteiger charge is -2.32. The van der Waals surface area contributed by atoms with Gasteiger partial charge in [0.2, 0.25) is 0 Å². The first-order valence-corrected chi connectivity index (χ1v) is 6.74. The molecule has 0 aromatic carbocycles. The number of hydrogen-bond donors (Lipinski definition) is 1. The highest BCUT2D eigenvalue weighted by Gasteiger charge is 2.18. The lowest BCUT2D eigenvalue weighted by Crippen LogP contribution is -2.45. The fourth-order valence-electron chi connectivity index (χ4n) is 2.61. The highest BCUT2D eigenvalue weighted by Crippen LogP contribution is 2.11. The van der Waals surface area contributed by atoms with E-state index in [1.165, 1.54) is 24.9 Å². The van der Waals surface area contributed by atoms with Crippen molar-refractivity contribution in [3.63, 3.8) is 0 Å². The predicted octanol–water partition coefficient (Wildman–Crippen LogP) is 1.47. The minimum atomic E-state index is 0.587. The van der Waals surface area contributed by atoms with Gasteiger partial charge >= 0.3 is 0 Å². The molecule has 0 aliphatic carbocycles. The van der Waals surface area contributed by atoms with Gasteiger partial charge in [-0.25, -0.2) is 0 Å². The molecule has 1 aliphatic rings. The molecule has 1 aromatic rings. The number of likely N-dealkylation sites (N-methyl/N-ethyl adjacent to an activating group) is 1. The van der Waals surface area contributed by atoms with E-state index >= 15 is 0 Å². The van der Waals surface area contributed by atoms with Crippen LogP contribution in [0.25, 0.3) is 0 Å². The summed E-state index contributed by atoms with van der Waals surface area (Å²) in [5, 5.41) is 12.5. The molecule has 2 rings (SSSR count). The van der Waals surface area contributed by atoms with Crippen molar-refractivity contribution < 1.29 is 0 Å². The molecule has 98 valence electrons. The van der Waals surface area contributed by atoms with Crippen molar-refractivity contribution in [1.29, 1.82) is 5.26 Å². The van der Waals surface area contributed by atoms with E-state index in [9.17, 15) is 0 Å². The second-order valence-electron chi connectivity index (χ2n) is 5.07. The molecule has 1 fully saturated rings. The number of likely N-dealkylation sites (tertiary alicyclic amines) is 1. The fourth-order valence-corrected chi connectivity index (χ4v) is 2.61. The van der Waals surface area contributed by atoms with Crippen molar-refractivity contribution in [2.24, 2.45) is 7.05 Å². The molecule has 18 heavy (non-hydrogen) atoms. The van der Waals surface area contributed by atoms with Crippen molar-refractivity contribution >= 4 is 0 Å². The summed E-state index contributed by atoms with van der Waals surface area (Å²) in [6, 6.07) is 4.75. The summed E-state index contributed by atoms with van der Waals surface area (Å²) < 4.78 is 1.89. The molecule has 1 N–H and O–H groups in total. The van der Waals surface area contributed by atoms with E-state index in [4.69, 9.17) is 5.26 Å². The van der Waals surface area contributed by atoms with Gasteiger partial charge in [-0.1, -0.05) is 6.92 Å². The van der Waals surface area contributed by atoms with Gasteiger partial charge in [0.05, 0.1) is 0 Å². The largest absolute Gasteiger partial charge is 0.342 e. The van der Waals surface area contributed by atoms with Crippen molar-refractivity contribution in [3.8, 4) is 6.07 Å². The van der Waals surface area contributed by atoms with Gasteiger partial charge in [-0.05, 0) is 37.6 Å². The Morgan fingerprint density at radius 3 is 3.06 bits per heavy atom. The molecular weight excluding hydrogens is 224 g/mol. The van der Waals surface area contributed by atoms with E-state index in [0.717, 1.165) is 25.3 Å². The van der Waals surface area contributed by atoms with Crippen LogP contribution in [-0.2, 0) is 13.6 Å². The number of rotatable bonds is 4. The van der Waals surface area contributed by atoms with Gasteiger partial charge in [0.15, 0.2) is 0 Å². The molecule has 1 aromatic heterocycles. The zero-order valence-corrected chi connectivity index (χ0v) is 11.3. The van der Waals surface area contributed by atoms with Crippen LogP contribution in [0, 0.1) is 11.3 Å². The third-order valence-corrected chi connectivity index (χ3v) is 3.72. The third kappa shape index (κ3) is 3.12. The van der Waals surface area contributed by atoms with E-state index in [1.54, 1.807) is 0 Å². The standard InChI is InChI=1S/C14H22N4/c1-3-18-6-4-5-13(11-18)16-9-12-7-14(8-15)17(2)10-12/h7,10,13,16H,3-6,9,11H2,1-2H3. The second-order valence-corrected chi connectivity index (χ2v) is 5.07. The van der Waals surface area contributed by atoms with Crippen LogP contribution in [-0.4, -0.2) is 35.1 Å². The Morgan fingerprint density at radius 2 is 2.39 bits per heavy atom. The fraction of sp³-hybridized carbons (Fsp3) is 0.643. The summed E-state index contributed by atoms with van der Waals surface area (Å²) >= 11 is 0. The summed E-state index contributed by atoms with van der Waals surface area (Å²) in [4.78, 5) is 2.49. The summed E-state index contributed by atoms with van der Waals surface area (Å²) in [6.45, 7) is 6.60. The van der Waals surface area contributed by atoms with Gasteiger partial charge < -0.3 is 14.8 Å². The molecule has 0 saturated carbocycles. The molecule has 0 bridgehead atoms. The smallest absolute Gasteiger partial charge is 0.120 e. The first-order chi connectivity index (χ1) is 8.72. The molecule has 1 unspecified atom stereocenters. The van der Waals surface area contributed by atoms with Crippen LogP contribution in [0.15, 0.2) is 12.3 Å². The van der Waals surface area contributed by atoms with Crippen LogP contribution < -0.4 is 5.32 Å². The maximum absolute atomic E-state index is 8.92. The second kappa shape index (κ2) is 6.03. The first-order valence-electron chi connectivity index (χ1n) is 6.74. The van der Waals surface area contributed by atoms with Crippen molar-refractivity contribution in [3.05, 3.63) is 23.5 Å². The van der Waals surface area contributed by atoms with Crippen molar-refractivity contribution in [2.45, 2.75) is 32.4 Å². The zero-order chi connectivity index (χ0) is 13.0. The Labute approximate surface area is 109 Å². The number of aromatic nitrogens is 1. The van der Waals surface area contributed by atoms with Gasteiger partial charge in [0.1, 0.15) is 11.8 Å². The average Bonchev–Trinajstić information content (AvgIpc) is 2.77. The molecule has 2 heterocycles. The molecule has 4 heteroatoms. The third-order valence-electron chi connectivity index (χ3n) is 3.72. The lowest BCUT2D eigenvalue weighted by molar-refractivity contribution is 0.198. The van der Waals surface area contributed by atoms with Crippen molar-refractivity contribution in [1.82, 2.24) is 14.8 Å². The number of piperidine rings is 1. The van der Waals surface area contributed by atoms with Crippen LogP contribution in [0.2, 0.25) is 0 Å². The number of aryl methyl sites for hydroxylation is 1. The van der Waals surface area contributed by atoms with Gasteiger partial charge in [-0.3, -0.25) is 0 Å². The van der Waals surface area contributed by atoms with E-state index in [0.29, 0.717) is 6.04 Å². The molecule has 1 saturated heterocycles. The van der Waals surface area contributed by atoms with Gasteiger partial charge in [-0.15, -0.1) is 0 Å². The molecule has 0 amide bonds. The van der Waals surface area contributed by atoms with Gasteiger partial charge in [0.25, 0.3) is 0 Å². The molecule has 0 radical (unpaired) electrons. The summed E-state index contributed by atoms with van der Waals surface area (Å²) in [5.41, 5.74) is 1.92. The van der Waals surface area contributed by atoms with Crippen LogP contribution in [0.3, 0.4) is 0 Å². The molecule has 0 spiro atoms. The lowest BCUT2D eigenvalue weighted by atomic mass is 10.1. The molecule has 1 aliphatic heterocycles. The Hall–Kier alpha value is -1.31. The summed E-state index contributed by atoms with van der Waals surface area (Å²) in [7, 11) is 1.92. The topological polar surface area (TPSA) is 44.0 Å². The maximum Gasteiger partial charge on any atom is 0.120 e. The van der Waals surface area contributed by atoms with Crippen molar-refractivity contribution in [2.75, 3.05) is 19.6 Å². The Morgan fingerprint density at radius 1 is 1.56 bits per heavy atom. The maximum atomic E-state index is 8.92. The Balaban J connectivity index is 1.85. The number of nitrogens with one attached hydrogen (secondary N) is 1. The van der Waals surface area contributed by atoms with Gasteiger partial charge in [0, 0.05) is 32.4 Å². The van der Waals surface area contributed by atoms with Crippen LogP contribution in [0.1, 0.15) is 31.0 Å². The summed E-state index contributed by atoms with van der Waals surface area (Å²) in [5.74, 6) is 0. The van der Waals surface area contributed by atoms with Crippen LogP contribution in [0.5, 0.6) is 0 Å². The van der Waals surface area contributed by atoms with E-state index in [2.05, 4.69) is 23.2 Å². The molecule has 1 atom stereocenters. The normalized spacial score (nSPS) is 20.8. The predicted molar refractivity (Wildman–Crippen MR) is 72.1 cm³/mol. The number of nitriles is 1. The quantitative estimate of drug-likeness (QED) is 0.875. The van der Waals surface area contributed by atoms with Gasteiger partial charge in [-0.2, -0.15) is 5.26 Å². The SMILES string of the molecule is CCN1CCCC(NCc2cc(C#N)n(C)c2)C1. The molecular formula is C14H22N4. The minimum absolute atomic E-state index is 0.587. The Bertz CT molecular complexity index is 429. The highest BCUT2D eigenvalue weighted by molar-refractivity contribution is 5.28. The first kappa shape index (κ1) is 13.1. The number of hydrogen-bond acceptors (Lipinski definition) is 3. The minimum Gasteiger partial charge on any atom is -0.342 e. The van der Waals surface area contributed by atoms with E-state index < -0.39 is 0 Å². The monoisotopic (exact) mass is 246 g/mol. The highest BCUT2D eigenvalue weighted by atomic mass is 15.2. The molecule has 4 nitrogen and oxygen atoms in total. The van der Waals surface area contributed by atoms with E-state index in [1.807, 2.05) is 23.9 Å². The zero-order valence-electron chi connectivity index (χ0n) is 11.3. The average molecular weight is 246 g/mol. The van der Waals surface area contributed by atoms with Crippen LogP contribution in [0.4, 0.5) is 0 Å². The Kier molecular flexibility index (Phi) is 4.40. The summed E-state index contributed by atoms with van der Waals surface area (Å²) in [6.07, 6.45) is 4.57. The number of nitrogens with zero attached hydrogens (tertiary/aromatic N) is 3.